The van der Waals surface area contributed by atoms with Crippen LogP contribution in [0.15, 0.2) is 72.8 Å². The van der Waals surface area contributed by atoms with Crippen molar-refractivity contribution in [2.24, 2.45) is 0 Å². The van der Waals surface area contributed by atoms with Crippen LogP contribution in [0.2, 0.25) is 0 Å². The van der Waals surface area contributed by atoms with Gasteiger partial charge in [0.15, 0.2) is 11.5 Å². The molecular weight excluding hydrogens is 464 g/mol. The van der Waals surface area contributed by atoms with Crippen LogP contribution in [0.25, 0.3) is 53.9 Å². The third kappa shape index (κ3) is 3.86. The predicted molar refractivity (Wildman–Crippen MR) is 164 cm³/mol. The average Bonchev–Trinajstić information content (AvgIpc) is 2.97. The average molecular weight is 501 g/mol. The summed E-state index contributed by atoms with van der Waals surface area (Å²) in [5.74, 6) is 1.54. The summed E-state index contributed by atoms with van der Waals surface area (Å²) >= 11 is 0. The van der Waals surface area contributed by atoms with Crippen LogP contribution < -0.4 is 9.47 Å². The molecule has 0 amide bonds. The van der Waals surface area contributed by atoms with E-state index in [1.807, 2.05) is 0 Å². The minimum Gasteiger partial charge on any atom is -0.493 e. The van der Waals surface area contributed by atoms with E-state index in [1.54, 1.807) is 14.2 Å². The highest BCUT2D eigenvalue weighted by molar-refractivity contribution is 6.33. The molecule has 0 aliphatic rings. The van der Waals surface area contributed by atoms with E-state index in [2.05, 4.69) is 86.6 Å². The van der Waals surface area contributed by atoms with E-state index in [9.17, 15) is 0 Å². The first-order valence-corrected chi connectivity index (χ1v) is 14.1. The molecular formula is C36H36O2. The lowest BCUT2D eigenvalue weighted by atomic mass is 9.83. The molecule has 192 valence electrons. The molecule has 0 radical (unpaired) electrons. The van der Waals surface area contributed by atoms with Gasteiger partial charge in [-0.25, -0.2) is 0 Å². The van der Waals surface area contributed by atoms with Crippen LogP contribution in [0.5, 0.6) is 11.5 Å². The normalized spacial score (nSPS) is 11.8. The first-order valence-electron chi connectivity index (χ1n) is 14.1. The van der Waals surface area contributed by atoms with Gasteiger partial charge in [0, 0.05) is 0 Å². The number of benzene rings is 6. The Hall–Kier alpha value is -3.78. The fourth-order valence-electron chi connectivity index (χ4n) is 6.38. The Morgan fingerprint density at radius 3 is 1.76 bits per heavy atom. The van der Waals surface area contributed by atoms with Gasteiger partial charge in [-0.1, -0.05) is 87.4 Å². The number of unbranched alkanes of at least 4 members (excludes halogenated alkanes) is 2. The summed E-state index contributed by atoms with van der Waals surface area (Å²) in [5.41, 5.74) is 3.07. The van der Waals surface area contributed by atoms with E-state index < -0.39 is 0 Å². The van der Waals surface area contributed by atoms with Crippen molar-refractivity contribution >= 4 is 53.9 Å². The highest BCUT2D eigenvalue weighted by Gasteiger charge is 2.20. The molecule has 0 spiro atoms. The molecule has 6 aromatic rings. The van der Waals surface area contributed by atoms with Gasteiger partial charge < -0.3 is 9.47 Å². The number of ether oxygens (including phenoxy) is 2. The Bertz CT molecular complexity index is 1810. The van der Waals surface area contributed by atoms with Gasteiger partial charge in [-0.05, 0) is 103 Å². The first-order chi connectivity index (χ1) is 18.7. The second-order valence-corrected chi connectivity index (χ2v) is 10.5. The molecule has 0 aliphatic carbocycles. The molecule has 6 aromatic carbocycles. The van der Waals surface area contributed by atoms with Crippen LogP contribution in [0.4, 0.5) is 0 Å². The van der Waals surface area contributed by atoms with Crippen molar-refractivity contribution in [2.45, 2.75) is 52.4 Å². The zero-order chi connectivity index (χ0) is 26.2. The molecule has 0 atom stereocenters. The predicted octanol–water partition coefficient (Wildman–Crippen LogP) is 10.2. The second-order valence-electron chi connectivity index (χ2n) is 10.5. The monoisotopic (exact) mass is 500 g/mol. The second kappa shape index (κ2) is 10.2. The molecule has 0 heterocycles. The van der Waals surface area contributed by atoms with Crippen LogP contribution in [0.1, 0.15) is 50.7 Å². The fourth-order valence-corrected chi connectivity index (χ4v) is 6.38. The summed E-state index contributed by atoms with van der Waals surface area (Å²) in [5, 5.41) is 13.2. The minimum absolute atomic E-state index is 0.768. The molecule has 2 heteroatoms. The smallest absolute Gasteiger partial charge is 0.161 e. The van der Waals surface area contributed by atoms with Crippen molar-refractivity contribution in [3.8, 4) is 11.5 Å². The van der Waals surface area contributed by atoms with Gasteiger partial charge >= 0.3 is 0 Å². The van der Waals surface area contributed by atoms with Gasteiger partial charge in [0.05, 0.1) is 14.2 Å². The number of fused-ring (bicyclic) bond motifs is 9. The maximum atomic E-state index is 5.81. The van der Waals surface area contributed by atoms with Gasteiger partial charge in [0.2, 0.25) is 0 Å². The summed E-state index contributed by atoms with van der Waals surface area (Å²) in [6, 6.07) is 27.1. The van der Waals surface area contributed by atoms with Gasteiger partial charge in [-0.3, -0.25) is 0 Å². The molecule has 0 aromatic heterocycles. The lowest BCUT2D eigenvalue weighted by Gasteiger charge is -2.21. The summed E-state index contributed by atoms with van der Waals surface area (Å²) < 4.78 is 11.5. The molecule has 0 saturated heterocycles. The minimum atomic E-state index is 0.768. The molecule has 0 N–H and O–H groups in total. The fraction of sp³-hybridized carbons (Fsp3) is 0.278. The standard InChI is InChI=1S/C36H36O2/c1-5-7-12-27-28(13-8-6-2)30-19-17-24-16-15-23-11-9-10-14-26(23)34(24)36(30)35-29(27)20-18-25-21-32(37-3)33(38-4)22-31(25)35/h9-11,14-22H,5-8,12-13H2,1-4H3. The highest BCUT2D eigenvalue weighted by Crippen LogP contribution is 2.45. The van der Waals surface area contributed by atoms with Crippen molar-refractivity contribution in [3.63, 3.8) is 0 Å². The van der Waals surface area contributed by atoms with Crippen molar-refractivity contribution in [1.82, 2.24) is 0 Å². The number of hydrogen-bond acceptors (Lipinski definition) is 2. The van der Waals surface area contributed by atoms with Crippen LogP contribution in [-0.4, -0.2) is 14.2 Å². The van der Waals surface area contributed by atoms with E-state index in [0.29, 0.717) is 0 Å². The summed E-state index contributed by atoms with van der Waals surface area (Å²) in [4.78, 5) is 0. The molecule has 38 heavy (non-hydrogen) atoms. The molecule has 0 fully saturated rings. The van der Waals surface area contributed by atoms with E-state index >= 15 is 0 Å². The molecule has 0 unspecified atom stereocenters. The molecule has 0 saturated carbocycles. The Morgan fingerprint density at radius 1 is 0.500 bits per heavy atom. The zero-order valence-corrected chi connectivity index (χ0v) is 23.0. The van der Waals surface area contributed by atoms with Gasteiger partial charge in [-0.15, -0.1) is 0 Å². The summed E-state index contributed by atoms with van der Waals surface area (Å²) in [6.07, 6.45) is 6.99. The quantitative estimate of drug-likeness (QED) is 0.194. The largest absolute Gasteiger partial charge is 0.493 e. The Kier molecular flexibility index (Phi) is 6.57. The number of aryl methyl sites for hydroxylation is 2. The topological polar surface area (TPSA) is 18.5 Å². The van der Waals surface area contributed by atoms with Crippen LogP contribution >= 0.6 is 0 Å². The van der Waals surface area contributed by atoms with E-state index in [4.69, 9.17) is 9.47 Å². The van der Waals surface area contributed by atoms with Crippen molar-refractivity contribution in [1.29, 1.82) is 0 Å². The van der Waals surface area contributed by atoms with Crippen LogP contribution in [0, 0.1) is 0 Å². The van der Waals surface area contributed by atoms with Gasteiger partial charge in [-0.2, -0.15) is 0 Å². The molecule has 0 aliphatic heterocycles. The summed E-state index contributed by atoms with van der Waals surface area (Å²) in [7, 11) is 3.44. The zero-order valence-electron chi connectivity index (χ0n) is 23.0. The van der Waals surface area contributed by atoms with E-state index in [-0.39, 0.29) is 0 Å². The molecule has 2 nitrogen and oxygen atoms in total. The van der Waals surface area contributed by atoms with Gasteiger partial charge in [0.1, 0.15) is 0 Å². The van der Waals surface area contributed by atoms with Gasteiger partial charge in [0.25, 0.3) is 0 Å². The molecule has 6 rings (SSSR count). The maximum Gasteiger partial charge on any atom is 0.161 e. The Balaban J connectivity index is 1.92. The number of methoxy groups -OCH3 is 2. The first kappa shape index (κ1) is 24.6. The van der Waals surface area contributed by atoms with Crippen molar-refractivity contribution < 1.29 is 9.47 Å². The van der Waals surface area contributed by atoms with Crippen LogP contribution in [-0.2, 0) is 12.8 Å². The SMILES string of the molecule is CCCCc1c(CCCC)c2ccc3ccc4ccccc4c3c2c2c1ccc1cc(OC)c(OC)cc12. The number of hydrogen-bond donors (Lipinski definition) is 0. The number of rotatable bonds is 8. The molecule has 0 bridgehead atoms. The van der Waals surface area contributed by atoms with Crippen LogP contribution in [0.3, 0.4) is 0 Å². The Labute approximate surface area is 225 Å². The lowest BCUT2D eigenvalue weighted by molar-refractivity contribution is 0.356. The lowest BCUT2D eigenvalue weighted by Crippen LogP contribution is -2.01. The Morgan fingerprint density at radius 2 is 1.08 bits per heavy atom. The maximum absolute atomic E-state index is 5.81. The van der Waals surface area contributed by atoms with Crippen molar-refractivity contribution in [2.75, 3.05) is 14.2 Å². The van der Waals surface area contributed by atoms with E-state index in [0.717, 1.165) is 24.3 Å². The third-order valence-corrected chi connectivity index (χ3v) is 8.26. The van der Waals surface area contributed by atoms with Crippen molar-refractivity contribution in [3.05, 3.63) is 83.9 Å². The van der Waals surface area contributed by atoms with E-state index in [1.165, 1.54) is 90.7 Å². The third-order valence-electron chi connectivity index (χ3n) is 8.26. The summed E-state index contributed by atoms with van der Waals surface area (Å²) in [6.45, 7) is 4.59. The highest BCUT2D eigenvalue weighted by atomic mass is 16.5.